The topological polar surface area (TPSA) is 44.8 Å². The van der Waals surface area contributed by atoms with Crippen LogP contribution < -0.4 is 4.90 Å². The Kier molecular flexibility index (Phi) is 2.68. The molecule has 0 spiro atoms. The maximum absolute atomic E-state index is 4.66. The van der Waals surface area contributed by atoms with Crippen LogP contribution in [0.1, 0.15) is 0 Å². The summed E-state index contributed by atoms with van der Waals surface area (Å²) >= 11 is 1.74. The average molecular weight is 294 g/mol. The minimum Gasteiger partial charge on any atom is -0.363 e. The summed E-state index contributed by atoms with van der Waals surface area (Å²) < 4.78 is 1.27. The van der Waals surface area contributed by atoms with Gasteiger partial charge < -0.3 is 9.88 Å². The third-order valence-electron chi connectivity index (χ3n) is 3.53. The average Bonchev–Trinajstić information content (AvgIpc) is 3.09. The standard InChI is InChI=1S/C16H14N4S/c1-20(2)14-8-7-12-16(18-14)19-15(17-12)11-9-21-13-6-4-3-5-10(11)13/h3-9H,1-2H3,(H,17,18,19). The lowest BCUT2D eigenvalue weighted by Gasteiger charge is -2.09. The molecular weight excluding hydrogens is 280 g/mol. The predicted octanol–water partition coefficient (Wildman–Crippen LogP) is 3.91. The number of nitrogens with zero attached hydrogens (tertiary/aromatic N) is 3. The highest BCUT2D eigenvalue weighted by molar-refractivity contribution is 7.17. The summed E-state index contributed by atoms with van der Waals surface area (Å²) in [4.78, 5) is 14.6. The van der Waals surface area contributed by atoms with E-state index in [4.69, 9.17) is 0 Å². The van der Waals surface area contributed by atoms with E-state index in [0.29, 0.717) is 0 Å². The van der Waals surface area contributed by atoms with Gasteiger partial charge in [0, 0.05) is 35.1 Å². The molecule has 104 valence electrons. The van der Waals surface area contributed by atoms with Gasteiger partial charge in [-0.3, -0.25) is 0 Å². The summed E-state index contributed by atoms with van der Waals surface area (Å²) in [5.41, 5.74) is 2.86. The van der Waals surface area contributed by atoms with Crippen LogP contribution in [0.25, 0.3) is 32.6 Å². The zero-order valence-corrected chi connectivity index (χ0v) is 12.6. The minimum absolute atomic E-state index is 0.756. The molecule has 1 aromatic carbocycles. The lowest BCUT2D eigenvalue weighted by molar-refractivity contribution is 1.08. The Morgan fingerprint density at radius 1 is 1.05 bits per heavy atom. The van der Waals surface area contributed by atoms with Crippen LogP contribution in [0, 0.1) is 0 Å². The van der Waals surface area contributed by atoms with Crippen LogP contribution in [0.5, 0.6) is 0 Å². The third-order valence-corrected chi connectivity index (χ3v) is 4.49. The van der Waals surface area contributed by atoms with Gasteiger partial charge in [0.2, 0.25) is 0 Å². The molecule has 0 radical (unpaired) electrons. The molecule has 3 aromatic heterocycles. The SMILES string of the molecule is CN(C)c1ccc2[nH]c(-c3csc4ccccc34)nc2n1. The van der Waals surface area contributed by atoms with Crippen molar-refractivity contribution in [2.24, 2.45) is 0 Å². The van der Waals surface area contributed by atoms with Gasteiger partial charge in [-0.25, -0.2) is 9.97 Å². The third kappa shape index (κ3) is 1.97. The molecule has 4 rings (SSSR count). The highest BCUT2D eigenvalue weighted by atomic mass is 32.1. The fourth-order valence-corrected chi connectivity index (χ4v) is 3.37. The maximum atomic E-state index is 4.66. The molecule has 3 heterocycles. The monoisotopic (exact) mass is 294 g/mol. The molecule has 0 fully saturated rings. The molecule has 5 heteroatoms. The smallest absolute Gasteiger partial charge is 0.180 e. The minimum atomic E-state index is 0.756. The predicted molar refractivity (Wildman–Crippen MR) is 89.0 cm³/mol. The van der Waals surface area contributed by atoms with E-state index in [9.17, 15) is 0 Å². The lowest BCUT2D eigenvalue weighted by Crippen LogP contribution is -2.10. The van der Waals surface area contributed by atoms with E-state index in [2.05, 4.69) is 44.6 Å². The Morgan fingerprint density at radius 3 is 2.76 bits per heavy atom. The number of nitrogens with one attached hydrogen (secondary N) is 1. The number of benzene rings is 1. The number of hydrogen-bond donors (Lipinski definition) is 1. The van der Waals surface area contributed by atoms with Crippen molar-refractivity contribution in [3.05, 3.63) is 41.8 Å². The maximum Gasteiger partial charge on any atom is 0.180 e. The van der Waals surface area contributed by atoms with E-state index in [0.717, 1.165) is 28.4 Å². The number of pyridine rings is 1. The second-order valence-electron chi connectivity index (χ2n) is 5.17. The van der Waals surface area contributed by atoms with Gasteiger partial charge in [0.05, 0.1) is 5.52 Å². The fourth-order valence-electron chi connectivity index (χ4n) is 2.42. The van der Waals surface area contributed by atoms with Crippen molar-refractivity contribution in [1.29, 1.82) is 0 Å². The molecule has 0 atom stereocenters. The van der Waals surface area contributed by atoms with Crippen molar-refractivity contribution >= 4 is 38.4 Å². The van der Waals surface area contributed by atoms with Crippen molar-refractivity contribution in [2.45, 2.75) is 0 Å². The molecule has 0 saturated carbocycles. The van der Waals surface area contributed by atoms with Gasteiger partial charge in [0.25, 0.3) is 0 Å². The Morgan fingerprint density at radius 2 is 1.90 bits per heavy atom. The van der Waals surface area contributed by atoms with Gasteiger partial charge in [-0.05, 0) is 18.2 Å². The van der Waals surface area contributed by atoms with Crippen LogP contribution >= 0.6 is 11.3 Å². The second-order valence-corrected chi connectivity index (χ2v) is 6.08. The van der Waals surface area contributed by atoms with E-state index in [-0.39, 0.29) is 0 Å². The Hall–Kier alpha value is -2.40. The van der Waals surface area contributed by atoms with E-state index in [1.807, 2.05) is 31.1 Å². The summed E-state index contributed by atoms with van der Waals surface area (Å²) in [5, 5.41) is 3.38. The van der Waals surface area contributed by atoms with Crippen LogP contribution in [-0.2, 0) is 0 Å². The van der Waals surface area contributed by atoms with Crippen LogP contribution in [-0.4, -0.2) is 29.0 Å². The molecule has 0 bridgehead atoms. The van der Waals surface area contributed by atoms with Gasteiger partial charge in [-0.2, -0.15) is 0 Å². The number of fused-ring (bicyclic) bond motifs is 2. The van der Waals surface area contributed by atoms with Crippen molar-refractivity contribution < 1.29 is 0 Å². The number of H-pyrrole nitrogens is 1. The molecule has 0 unspecified atom stereocenters. The summed E-state index contributed by atoms with van der Waals surface area (Å²) in [6, 6.07) is 12.4. The Labute approximate surface area is 126 Å². The zero-order chi connectivity index (χ0) is 14.4. The van der Waals surface area contributed by atoms with E-state index >= 15 is 0 Å². The van der Waals surface area contributed by atoms with E-state index in [1.165, 1.54) is 10.1 Å². The van der Waals surface area contributed by atoms with Crippen molar-refractivity contribution in [1.82, 2.24) is 15.0 Å². The molecular formula is C16H14N4S. The molecule has 0 saturated heterocycles. The number of imidazole rings is 1. The molecule has 0 amide bonds. The van der Waals surface area contributed by atoms with E-state index in [1.54, 1.807) is 11.3 Å². The van der Waals surface area contributed by atoms with Gasteiger partial charge in [0.1, 0.15) is 11.6 Å². The van der Waals surface area contributed by atoms with Crippen LogP contribution in [0.2, 0.25) is 0 Å². The fraction of sp³-hybridized carbons (Fsp3) is 0.125. The molecule has 4 nitrogen and oxygen atoms in total. The molecule has 21 heavy (non-hydrogen) atoms. The van der Waals surface area contributed by atoms with Crippen molar-refractivity contribution in [2.75, 3.05) is 19.0 Å². The first-order valence-electron chi connectivity index (χ1n) is 6.73. The highest BCUT2D eigenvalue weighted by Crippen LogP contribution is 2.33. The lowest BCUT2D eigenvalue weighted by atomic mass is 10.2. The van der Waals surface area contributed by atoms with Crippen LogP contribution in [0.15, 0.2) is 41.8 Å². The van der Waals surface area contributed by atoms with Crippen LogP contribution in [0.4, 0.5) is 5.82 Å². The number of aromatic nitrogens is 3. The molecule has 0 aliphatic carbocycles. The van der Waals surface area contributed by atoms with Crippen LogP contribution in [0.3, 0.4) is 0 Å². The quantitative estimate of drug-likeness (QED) is 0.609. The first-order chi connectivity index (χ1) is 10.2. The molecule has 0 aliphatic rings. The summed E-state index contributed by atoms with van der Waals surface area (Å²) in [6.45, 7) is 0. The number of thiophene rings is 1. The first-order valence-corrected chi connectivity index (χ1v) is 7.61. The summed E-state index contributed by atoms with van der Waals surface area (Å²) in [5.74, 6) is 1.79. The van der Waals surface area contributed by atoms with Gasteiger partial charge >= 0.3 is 0 Å². The largest absolute Gasteiger partial charge is 0.363 e. The van der Waals surface area contributed by atoms with Crippen molar-refractivity contribution in [3.8, 4) is 11.4 Å². The summed E-state index contributed by atoms with van der Waals surface area (Å²) in [6.07, 6.45) is 0. The number of aromatic amines is 1. The number of anilines is 1. The molecule has 4 aromatic rings. The van der Waals surface area contributed by atoms with Crippen molar-refractivity contribution in [3.63, 3.8) is 0 Å². The van der Waals surface area contributed by atoms with Gasteiger partial charge in [0.15, 0.2) is 5.65 Å². The Balaban J connectivity index is 1.90. The number of hydrogen-bond acceptors (Lipinski definition) is 4. The highest BCUT2D eigenvalue weighted by Gasteiger charge is 2.11. The van der Waals surface area contributed by atoms with E-state index < -0.39 is 0 Å². The molecule has 1 N–H and O–H groups in total. The Bertz CT molecular complexity index is 936. The normalized spacial score (nSPS) is 11.3. The van der Waals surface area contributed by atoms with Gasteiger partial charge in [-0.1, -0.05) is 18.2 Å². The second kappa shape index (κ2) is 4.56. The summed E-state index contributed by atoms with van der Waals surface area (Å²) in [7, 11) is 3.96. The van der Waals surface area contributed by atoms with Gasteiger partial charge in [-0.15, -0.1) is 11.3 Å². The molecule has 0 aliphatic heterocycles. The number of rotatable bonds is 2. The first kappa shape index (κ1) is 12.3. The zero-order valence-electron chi connectivity index (χ0n) is 11.8.